The molecule has 0 spiro atoms. The zero-order chi connectivity index (χ0) is 24.8. The van der Waals surface area contributed by atoms with Gasteiger partial charge >= 0.3 is 12.4 Å². The molecule has 0 fully saturated rings. The Labute approximate surface area is 182 Å². The molecule has 0 bridgehead atoms. The molecule has 0 atom stereocenters. The Bertz CT molecular complexity index is 1050. The molecule has 0 saturated carbocycles. The summed E-state index contributed by atoms with van der Waals surface area (Å²) in [6.45, 7) is -0.694. The van der Waals surface area contributed by atoms with E-state index in [2.05, 4.69) is 0 Å². The van der Waals surface area contributed by atoms with Crippen LogP contribution in [0, 0.1) is 0 Å². The van der Waals surface area contributed by atoms with E-state index < -0.39 is 47.6 Å². The van der Waals surface area contributed by atoms with Gasteiger partial charge in [0.2, 0.25) is 0 Å². The monoisotopic (exact) mass is 478 g/mol. The Morgan fingerprint density at radius 3 is 2.21 bits per heavy atom. The summed E-state index contributed by atoms with van der Waals surface area (Å²) >= 11 is 0. The molecule has 0 saturated heterocycles. The lowest BCUT2D eigenvalue weighted by atomic mass is 10.1. The molecule has 3 N–H and O–H groups in total. The topological polar surface area (TPSA) is 96.9 Å². The maximum atomic E-state index is 13.0. The van der Waals surface area contributed by atoms with Crippen LogP contribution in [0.2, 0.25) is 0 Å². The van der Waals surface area contributed by atoms with Crippen LogP contribution in [0.15, 0.2) is 42.5 Å². The van der Waals surface area contributed by atoms with Gasteiger partial charge in [0.15, 0.2) is 18.1 Å². The molecule has 2 amide bonds. The van der Waals surface area contributed by atoms with Crippen LogP contribution in [0.4, 0.5) is 32.0 Å². The van der Waals surface area contributed by atoms with Gasteiger partial charge in [0.25, 0.3) is 11.8 Å². The molecule has 2 aromatic carbocycles. The van der Waals surface area contributed by atoms with Crippen LogP contribution in [0.1, 0.15) is 16.7 Å². The number of hydroxylamine groups is 1. The van der Waals surface area contributed by atoms with E-state index in [9.17, 15) is 35.9 Å². The number of benzene rings is 2. The second-order valence-corrected chi connectivity index (χ2v) is 6.31. The molecule has 178 valence electrons. The summed E-state index contributed by atoms with van der Waals surface area (Å²) in [5.74, 6) is -1.50. The minimum atomic E-state index is -5.29. The molecular weight excluding hydrogens is 462 g/mol. The number of ether oxygens (including phenoxy) is 2. The summed E-state index contributed by atoms with van der Waals surface area (Å²) in [7, 11) is 1.29. The fourth-order valence-corrected chi connectivity index (χ4v) is 2.56. The molecule has 13 heteroatoms. The number of amides is 2. The quantitative estimate of drug-likeness (QED) is 0.239. The number of rotatable bonds is 7. The molecule has 0 aromatic heterocycles. The van der Waals surface area contributed by atoms with Gasteiger partial charge in [0.1, 0.15) is 0 Å². The summed E-state index contributed by atoms with van der Waals surface area (Å²) < 4.78 is 87.9. The smallest absolute Gasteiger partial charge is 0.417 e. The molecule has 0 aliphatic heterocycles. The van der Waals surface area contributed by atoms with E-state index in [-0.39, 0.29) is 23.6 Å². The third-order valence-corrected chi connectivity index (χ3v) is 4.00. The lowest BCUT2D eigenvalue weighted by Crippen LogP contribution is -2.22. The van der Waals surface area contributed by atoms with Crippen molar-refractivity contribution < 1.29 is 50.6 Å². The number of hydrogen-bond donors (Lipinski definition) is 3. The van der Waals surface area contributed by atoms with E-state index >= 15 is 0 Å². The number of carbonyl (C=O) groups is 2. The fourth-order valence-electron chi connectivity index (χ4n) is 2.56. The van der Waals surface area contributed by atoms with Gasteiger partial charge in [0, 0.05) is 11.8 Å². The van der Waals surface area contributed by atoms with Crippen LogP contribution in [-0.2, 0) is 21.9 Å². The third kappa shape index (κ3) is 7.14. The highest BCUT2D eigenvalue weighted by Gasteiger charge is 2.43. The van der Waals surface area contributed by atoms with Crippen molar-refractivity contribution in [2.24, 2.45) is 0 Å². The van der Waals surface area contributed by atoms with Gasteiger partial charge in [-0.3, -0.25) is 14.8 Å². The van der Waals surface area contributed by atoms with E-state index in [0.29, 0.717) is 11.6 Å². The van der Waals surface area contributed by atoms with Crippen LogP contribution in [0.3, 0.4) is 0 Å². The molecule has 0 unspecified atom stereocenters. The van der Waals surface area contributed by atoms with Crippen LogP contribution >= 0.6 is 0 Å². The average Bonchev–Trinajstić information content (AvgIpc) is 2.74. The van der Waals surface area contributed by atoms with E-state index in [1.807, 2.05) is 5.32 Å². The number of methoxy groups -OCH3 is 1. The molecule has 7 nitrogen and oxygen atoms in total. The Hall–Kier alpha value is -3.74. The van der Waals surface area contributed by atoms with Crippen LogP contribution in [-0.4, -0.2) is 30.7 Å². The van der Waals surface area contributed by atoms with Gasteiger partial charge in [-0.05, 0) is 42.0 Å². The summed E-state index contributed by atoms with van der Waals surface area (Å²) in [5, 5.41) is 10.5. The SMILES string of the molecule is COc1cc(/C=C/C(=O)NO)ccc1OCC(=O)Nc1ccc(C(F)(F)F)c(C(F)(F)F)c1. The van der Waals surface area contributed by atoms with Crippen molar-refractivity contribution in [1.29, 1.82) is 0 Å². The lowest BCUT2D eigenvalue weighted by molar-refractivity contribution is -0.162. The van der Waals surface area contributed by atoms with Gasteiger partial charge in [-0.1, -0.05) is 6.07 Å². The van der Waals surface area contributed by atoms with Crippen LogP contribution < -0.4 is 20.3 Å². The summed E-state index contributed by atoms with van der Waals surface area (Å²) in [6.07, 6.45) is -8.14. The van der Waals surface area contributed by atoms with Crippen molar-refractivity contribution in [3.05, 3.63) is 59.2 Å². The zero-order valence-corrected chi connectivity index (χ0v) is 16.7. The molecule has 0 aliphatic rings. The Morgan fingerprint density at radius 2 is 1.64 bits per heavy atom. The van der Waals surface area contributed by atoms with Crippen molar-refractivity contribution >= 4 is 23.6 Å². The van der Waals surface area contributed by atoms with Gasteiger partial charge in [-0.15, -0.1) is 0 Å². The van der Waals surface area contributed by atoms with Crippen LogP contribution in [0.5, 0.6) is 11.5 Å². The van der Waals surface area contributed by atoms with E-state index in [1.54, 1.807) is 0 Å². The van der Waals surface area contributed by atoms with Crippen molar-refractivity contribution in [2.75, 3.05) is 19.0 Å². The largest absolute Gasteiger partial charge is 0.493 e. The molecule has 2 rings (SSSR count). The average molecular weight is 478 g/mol. The number of anilines is 1. The Kier molecular flexibility index (Phi) is 7.93. The number of nitrogens with one attached hydrogen (secondary N) is 2. The van der Waals surface area contributed by atoms with E-state index in [0.717, 1.165) is 6.08 Å². The van der Waals surface area contributed by atoms with Crippen molar-refractivity contribution in [3.8, 4) is 11.5 Å². The minimum absolute atomic E-state index is 0.0693. The molecule has 33 heavy (non-hydrogen) atoms. The second-order valence-electron chi connectivity index (χ2n) is 6.31. The first-order chi connectivity index (χ1) is 15.3. The van der Waals surface area contributed by atoms with Crippen molar-refractivity contribution in [1.82, 2.24) is 5.48 Å². The first kappa shape index (κ1) is 25.5. The predicted molar refractivity (Wildman–Crippen MR) is 103 cm³/mol. The number of hydrogen-bond acceptors (Lipinski definition) is 5. The zero-order valence-electron chi connectivity index (χ0n) is 16.7. The normalized spacial score (nSPS) is 11.9. The Morgan fingerprint density at radius 1 is 0.970 bits per heavy atom. The van der Waals surface area contributed by atoms with Crippen molar-refractivity contribution in [2.45, 2.75) is 12.4 Å². The van der Waals surface area contributed by atoms with Gasteiger partial charge in [-0.25, -0.2) is 5.48 Å². The fraction of sp³-hybridized carbons (Fsp3) is 0.200. The summed E-state index contributed by atoms with van der Waals surface area (Å²) in [6, 6.07) is 5.39. The number of halogens is 6. The highest BCUT2D eigenvalue weighted by molar-refractivity contribution is 5.92. The molecule has 0 radical (unpaired) electrons. The molecule has 2 aromatic rings. The summed E-state index contributed by atoms with van der Waals surface area (Å²) in [4.78, 5) is 23.1. The lowest BCUT2D eigenvalue weighted by Gasteiger charge is -2.17. The standard InChI is InChI=1S/C20H16F6N2O5/c1-32-16-8-11(3-7-17(29)28-31)2-6-15(16)33-10-18(30)27-12-4-5-13(19(21,22)23)14(9-12)20(24,25)26/h2-9,31H,10H2,1H3,(H,27,30)(H,28,29)/b7-3+. The molecule has 0 heterocycles. The van der Waals surface area contributed by atoms with Gasteiger partial charge < -0.3 is 14.8 Å². The second kappa shape index (κ2) is 10.3. The minimum Gasteiger partial charge on any atom is -0.493 e. The molecular formula is C20H16F6N2O5. The molecule has 0 aliphatic carbocycles. The maximum absolute atomic E-state index is 13.0. The first-order valence-electron chi connectivity index (χ1n) is 8.86. The highest BCUT2D eigenvalue weighted by atomic mass is 19.4. The van der Waals surface area contributed by atoms with E-state index in [1.165, 1.54) is 36.9 Å². The first-order valence-corrected chi connectivity index (χ1v) is 8.86. The Balaban J connectivity index is 2.11. The third-order valence-electron chi connectivity index (χ3n) is 4.00. The van der Waals surface area contributed by atoms with E-state index in [4.69, 9.17) is 14.7 Å². The number of alkyl halides is 6. The predicted octanol–water partition coefficient (Wildman–Crippen LogP) is 4.27. The summed E-state index contributed by atoms with van der Waals surface area (Å²) in [5.41, 5.74) is -2.44. The highest BCUT2D eigenvalue weighted by Crippen LogP contribution is 2.41. The number of carbonyl (C=O) groups excluding carboxylic acids is 2. The maximum Gasteiger partial charge on any atom is 0.417 e. The van der Waals surface area contributed by atoms with Crippen LogP contribution in [0.25, 0.3) is 6.08 Å². The van der Waals surface area contributed by atoms with Gasteiger partial charge in [-0.2, -0.15) is 26.3 Å². The van der Waals surface area contributed by atoms with Gasteiger partial charge in [0.05, 0.1) is 18.2 Å². The van der Waals surface area contributed by atoms with Crippen molar-refractivity contribution in [3.63, 3.8) is 0 Å².